The first kappa shape index (κ1) is 7.90. The molecular weight excluding hydrogens is 124 g/mol. The van der Waals surface area contributed by atoms with E-state index < -0.39 is 17.9 Å². The molecule has 0 aliphatic rings. The zero-order valence-corrected chi connectivity index (χ0v) is 4.66. The van der Waals surface area contributed by atoms with Crippen molar-refractivity contribution in [2.75, 3.05) is 0 Å². The van der Waals surface area contributed by atoms with Gasteiger partial charge in [0, 0.05) is 0 Å². The Kier molecular flexibility index (Phi) is 2.66. The predicted octanol–water partition coefficient (Wildman–Crippen LogP) is -1.85. The molecule has 0 aliphatic carbocycles. The van der Waals surface area contributed by atoms with Crippen molar-refractivity contribution in [2.45, 2.75) is 12.5 Å². The number of carbonyl (C=O) groups is 2. The van der Waals surface area contributed by atoms with Gasteiger partial charge in [0.05, 0.1) is 6.42 Å². The van der Waals surface area contributed by atoms with Crippen LogP contribution in [0.4, 0.5) is 0 Å². The first-order valence-electron chi connectivity index (χ1n) is 2.28. The predicted molar refractivity (Wildman–Crippen MR) is 27.5 cm³/mol. The monoisotopic (exact) mass is 131 g/mol. The van der Waals surface area contributed by atoms with Gasteiger partial charge in [-0.2, -0.15) is 0 Å². The third kappa shape index (κ3) is 3.48. The molecule has 0 aromatic carbocycles. The van der Waals surface area contributed by atoms with E-state index in [-0.39, 0.29) is 6.42 Å². The van der Waals surface area contributed by atoms with Gasteiger partial charge in [0.1, 0.15) is 6.04 Å². The molecule has 5 nitrogen and oxygen atoms in total. The van der Waals surface area contributed by atoms with E-state index in [1.807, 2.05) is 0 Å². The Bertz CT molecular complexity index is 134. The van der Waals surface area contributed by atoms with E-state index in [1.54, 1.807) is 0 Å². The highest BCUT2D eigenvalue weighted by Gasteiger charge is 2.15. The normalized spacial score (nSPS) is 12.6. The van der Waals surface area contributed by atoms with Crippen LogP contribution < -0.4 is 11.5 Å². The number of carbonyl (C=O) groups excluding carboxylic acids is 2. The Morgan fingerprint density at radius 3 is 2.00 bits per heavy atom. The fourth-order valence-corrected chi connectivity index (χ4v) is 0.300. The number of amides is 1. The van der Waals surface area contributed by atoms with Crippen molar-refractivity contribution in [3.05, 3.63) is 0 Å². The fraction of sp³-hybridized carbons (Fsp3) is 0.500. The minimum Gasteiger partial charge on any atom is -0.370 e. The molecule has 0 spiro atoms. The summed E-state index contributed by atoms with van der Waals surface area (Å²) < 4.78 is 0. The van der Waals surface area contributed by atoms with Gasteiger partial charge in [0.2, 0.25) is 5.91 Å². The highest BCUT2D eigenvalue weighted by molar-refractivity contribution is 5.82. The largest absolute Gasteiger partial charge is 0.372 e. The maximum absolute atomic E-state index is 9.97. The first-order valence-corrected chi connectivity index (χ1v) is 2.28. The molecule has 0 bridgehead atoms. The molecule has 0 saturated carbocycles. The Labute approximate surface area is 51.6 Å². The second-order valence-electron chi connectivity index (χ2n) is 1.60. The molecule has 51 valence electrons. The number of primary amides is 1. The van der Waals surface area contributed by atoms with Crippen LogP contribution in [0.5, 0.6) is 0 Å². The molecule has 5 heteroatoms. The Hall–Kier alpha value is -1.10. The van der Waals surface area contributed by atoms with Gasteiger partial charge >= 0.3 is 5.97 Å². The number of nitrogens with two attached hydrogens (primary N) is 2. The summed E-state index contributed by atoms with van der Waals surface area (Å²) in [5.41, 5.74) is 9.48. The van der Waals surface area contributed by atoms with Gasteiger partial charge in [0.25, 0.3) is 0 Å². The Morgan fingerprint density at radius 2 is 1.89 bits per heavy atom. The topological polar surface area (TPSA) is 106 Å². The van der Waals surface area contributed by atoms with Crippen LogP contribution in [0, 0.1) is 0 Å². The van der Waals surface area contributed by atoms with Gasteiger partial charge < -0.3 is 11.5 Å². The van der Waals surface area contributed by atoms with E-state index >= 15 is 0 Å². The molecule has 1 atom stereocenters. The number of hydrogen-bond acceptors (Lipinski definition) is 3. The van der Waals surface area contributed by atoms with Crippen LogP contribution in [-0.2, 0) is 14.7 Å². The van der Waals surface area contributed by atoms with Crippen LogP contribution in [0.15, 0.2) is 0 Å². The van der Waals surface area contributed by atoms with Crippen LogP contribution in [-0.4, -0.2) is 17.9 Å². The van der Waals surface area contributed by atoms with Gasteiger partial charge in [-0.05, 0) is 0 Å². The molecule has 1 radical (unpaired) electrons. The van der Waals surface area contributed by atoms with Crippen molar-refractivity contribution >= 4 is 11.9 Å². The van der Waals surface area contributed by atoms with E-state index in [1.165, 1.54) is 0 Å². The van der Waals surface area contributed by atoms with Crippen LogP contribution in [0.1, 0.15) is 6.42 Å². The third-order valence-electron chi connectivity index (χ3n) is 0.724. The van der Waals surface area contributed by atoms with Gasteiger partial charge in [-0.3, -0.25) is 4.79 Å². The molecule has 4 N–H and O–H groups in total. The van der Waals surface area contributed by atoms with Crippen LogP contribution in [0.25, 0.3) is 0 Å². The van der Waals surface area contributed by atoms with Crippen molar-refractivity contribution in [2.24, 2.45) is 11.5 Å². The summed E-state index contributed by atoms with van der Waals surface area (Å²) in [7, 11) is 0. The zero-order chi connectivity index (χ0) is 7.44. The van der Waals surface area contributed by atoms with Crippen molar-refractivity contribution in [1.82, 2.24) is 0 Å². The second-order valence-corrected chi connectivity index (χ2v) is 1.60. The zero-order valence-electron chi connectivity index (χ0n) is 4.66. The number of hydrogen-bond donors (Lipinski definition) is 2. The maximum atomic E-state index is 9.97. The lowest BCUT2D eigenvalue weighted by molar-refractivity contribution is -0.146. The summed E-state index contributed by atoms with van der Waals surface area (Å²) in [5.74, 6) is -2.21. The summed E-state index contributed by atoms with van der Waals surface area (Å²) in [4.78, 5) is 19.8. The quantitative estimate of drug-likeness (QED) is 0.469. The van der Waals surface area contributed by atoms with Gasteiger partial charge in [-0.15, -0.1) is 0 Å². The molecule has 0 aromatic rings. The summed E-state index contributed by atoms with van der Waals surface area (Å²) in [6.45, 7) is 0. The smallest absolute Gasteiger partial charge is 0.370 e. The van der Waals surface area contributed by atoms with Crippen LogP contribution in [0.2, 0.25) is 0 Å². The van der Waals surface area contributed by atoms with E-state index in [0.717, 1.165) is 0 Å². The molecule has 1 amide bonds. The molecule has 9 heavy (non-hydrogen) atoms. The van der Waals surface area contributed by atoms with E-state index in [2.05, 4.69) is 5.73 Å². The highest BCUT2D eigenvalue weighted by Crippen LogP contribution is 1.85. The average molecular weight is 131 g/mol. The van der Waals surface area contributed by atoms with Gasteiger partial charge in [-0.25, -0.2) is 9.90 Å². The maximum Gasteiger partial charge on any atom is 0.372 e. The Morgan fingerprint density at radius 1 is 1.44 bits per heavy atom. The SMILES string of the molecule is NC(=O)C[C@H](N)C([O])=O. The van der Waals surface area contributed by atoms with Crippen molar-refractivity contribution in [3.63, 3.8) is 0 Å². The molecule has 0 aromatic heterocycles. The third-order valence-corrected chi connectivity index (χ3v) is 0.724. The van der Waals surface area contributed by atoms with Crippen molar-refractivity contribution in [1.29, 1.82) is 0 Å². The van der Waals surface area contributed by atoms with E-state index in [9.17, 15) is 14.7 Å². The Balaban J connectivity index is 3.63. The molecule has 0 unspecified atom stereocenters. The summed E-state index contributed by atoms with van der Waals surface area (Å²) >= 11 is 0. The molecular formula is C4H7N2O3. The summed E-state index contributed by atoms with van der Waals surface area (Å²) in [6.07, 6.45) is -0.373. The molecule has 0 aliphatic heterocycles. The van der Waals surface area contributed by atoms with Crippen LogP contribution in [0.3, 0.4) is 0 Å². The lowest BCUT2D eigenvalue weighted by Crippen LogP contribution is -2.34. The molecule has 0 rings (SSSR count). The average Bonchev–Trinajstić information content (AvgIpc) is 1.63. The van der Waals surface area contributed by atoms with Crippen molar-refractivity contribution in [3.8, 4) is 0 Å². The minimum atomic E-state index is -1.46. The van der Waals surface area contributed by atoms with Crippen LogP contribution >= 0.6 is 0 Å². The fourth-order valence-electron chi connectivity index (χ4n) is 0.300. The van der Waals surface area contributed by atoms with Gasteiger partial charge in [-0.1, -0.05) is 0 Å². The standard InChI is InChI=1S/C4H7N2O3/c5-2(4(8)9)1-3(6)7/h2H,1,5H2,(H2,6,7)/t2-/m0/s1. The van der Waals surface area contributed by atoms with E-state index in [0.29, 0.717) is 0 Å². The van der Waals surface area contributed by atoms with Crippen molar-refractivity contribution < 1.29 is 14.7 Å². The summed E-state index contributed by atoms with van der Waals surface area (Å²) in [6, 6.07) is -1.28. The summed E-state index contributed by atoms with van der Waals surface area (Å²) in [5, 5.41) is 9.79. The lowest BCUT2D eigenvalue weighted by Gasteiger charge is -1.97. The second kappa shape index (κ2) is 3.03. The van der Waals surface area contributed by atoms with E-state index in [4.69, 9.17) is 5.73 Å². The molecule has 0 heterocycles. The molecule has 0 fully saturated rings. The first-order chi connectivity index (χ1) is 4.04. The molecule has 0 saturated heterocycles. The lowest BCUT2D eigenvalue weighted by atomic mass is 10.2. The highest BCUT2D eigenvalue weighted by atomic mass is 16.4. The minimum absolute atomic E-state index is 0.373. The number of rotatable bonds is 3. The van der Waals surface area contributed by atoms with Gasteiger partial charge in [0.15, 0.2) is 0 Å².